The molecule has 1 aliphatic heterocycles. The van der Waals surface area contributed by atoms with Crippen LogP contribution < -0.4 is 5.32 Å². The first kappa shape index (κ1) is 17.0. The van der Waals surface area contributed by atoms with Crippen molar-refractivity contribution < 1.29 is 18.8 Å². The molecule has 2 atom stereocenters. The molecule has 2 aromatic rings. The number of Topliss-reactive ketones (excluding diaryl/α,β-unsaturated/α-hetero) is 1. The number of amides is 2. The van der Waals surface area contributed by atoms with Gasteiger partial charge < -0.3 is 19.2 Å². The van der Waals surface area contributed by atoms with E-state index >= 15 is 0 Å². The highest BCUT2D eigenvalue weighted by Crippen LogP contribution is 2.29. The van der Waals surface area contributed by atoms with Crippen LogP contribution in [0.4, 0.5) is 0 Å². The third-order valence-electron chi connectivity index (χ3n) is 4.49. The van der Waals surface area contributed by atoms with Crippen LogP contribution in [0.15, 0.2) is 34.9 Å². The summed E-state index contributed by atoms with van der Waals surface area (Å²) in [6, 6.07) is 6.75. The highest BCUT2D eigenvalue weighted by molar-refractivity contribution is 6.42. The van der Waals surface area contributed by atoms with Gasteiger partial charge in [-0.15, -0.1) is 0 Å². The predicted molar refractivity (Wildman–Crippen MR) is 90.1 cm³/mol. The van der Waals surface area contributed by atoms with E-state index in [1.807, 2.05) is 19.1 Å². The number of hydrogen-bond acceptors (Lipinski definition) is 4. The molecule has 0 saturated carbocycles. The van der Waals surface area contributed by atoms with Crippen molar-refractivity contribution in [1.29, 1.82) is 0 Å². The van der Waals surface area contributed by atoms with Crippen LogP contribution in [0.1, 0.15) is 34.9 Å². The average Bonchev–Trinajstić information content (AvgIpc) is 3.25. The van der Waals surface area contributed by atoms with Crippen molar-refractivity contribution in [3.05, 3.63) is 47.7 Å². The summed E-state index contributed by atoms with van der Waals surface area (Å²) >= 11 is 0. The molecule has 0 unspecified atom stereocenters. The Bertz CT molecular complexity index is 820. The maximum atomic E-state index is 12.6. The Morgan fingerprint density at radius 3 is 2.52 bits per heavy atom. The molecule has 0 spiro atoms. The van der Waals surface area contributed by atoms with E-state index in [4.69, 9.17) is 4.42 Å². The van der Waals surface area contributed by atoms with Gasteiger partial charge in [0, 0.05) is 33.3 Å². The molecule has 0 radical (unpaired) electrons. The second-order valence-corrected chi connectivity index (χ2v) is 6.41. The van der Waals surface area contributed by atoms with Crippen LogP contribution in [0.3, 0.4) is 0 Å². The van der Waals surface area contributed by atoms with Gasteiger partial charge in [-0.2, -0.15) is 0 Å². The second-order valence-electron chi connectivity index (χ2n) is 6.41. The number of carbonyl (C=O) groups is 3. The Morgan fingerprint density at radius 2 is 1.96 bits per heavy atom. The first-order valence-electron chi connectivity index (χ1n) is 8.15. The Labute approximate surface area is 145 Å². The summed E-state index contributed by atoms with van der Waals surface area (Å²) in [5.41, 5.74) is 0.346. The van der Waals surface area contributed by atoms with Gasteiger partial charge in [0.25, 0.3) is 11.7 Å². The summed E-state index contributed by atoms with van der Waals surface area (Å²) in [6.45, 7) is 3.88. The Morgan fingerprint density at radius 1 is 1.20 bits per heavy atom. The van der Waals surface area contributed by atoms with Crippen LogP contribution >= 0.6 is 0 Å². The van der Waals surface area contributed by atoms with Crippen LogP contribution in [-0.2, 0) is 16.6 Å². The number of hydrogen-bond donors (Lipinski definition) is 1. The van der Waals surface area contributed by atoms with Crippen LogP contribution in [0.5, 0.6) is 0 Å². The Balaban J connectivity index is 1.81. The molecule has 0 aliphatic carbocycles. The number of carbonyl (C=O) groups excluding carboxylic acids is 3. The zero-order chi connectivity index (χ0) is 18.1. The summed E-state index contributed by atoms with van der Waals surface area (Å²) in [5.74, 6) is -0.00325. The molecule has 1 aliphatic rings. The lowest BCUT2D eigenvalue weighted by atomic mass is 10.0. The Hall–Kier alpha value is -2.83. The van der Waals surface area contributed by atoms with Gasteiger partial charge in [0.1, 0.15) is 11.5 Å². The lowest BCUT2D eigenvalue weighted by molar-refractivity contribution is -0.126. The number of rotatable bonds is 4. The second kappa shape index (κ2) is 6.58. The molecule has 7 nitrogen and oxygen atoms in total. The fourth-order valence-electron chi connectivity index (χ4n) is 3.27. The van der Waals surface area contributed by atoms with E-state index in [-0.39, 0.29) is 24.4 Å². The van der Waals surface area contributed by atoms with Gasteiger partial charge in [0.15, 0.2) is 0 Å². The highest BCUT2D eigenvalue weighted by Gasteiger charge is 2.40. The largest absolute Gasteiger partial charge is 0.466 e. The van der Waals surface area contributed by atoms with Gasteiger partial charge in [-0.3, -0.25) is 14.4 Å². The lowest BCUT2D eigenvalue weighted by Crippen LogP contribution is -2.40. The maximum absolute atomic E-state index is 12.6. The van der Waals surface area contributed by atoms with Crippen molar-refractivity contribution >= 4 is 17.6 Å². The van der Waals surface area contributed by atoms with Gasteiger partial charge >= 0.3 is 0 Å². The van der Waals surface area contributed by atoms with Gasteiger partial charge in [0.05, 0.1) is 17.7 Å². The molecule has 3 heterocycles. The van der Waals surface area contributed by atoms with E-state index in [1.165, 1.54) is 11.8 Å². The molecule has 25 heavy (non-hydrogen) atoms. The van der Waals surface area contributed by atoms with Gasteiger partial charge in [0.2, 0.25) is 5.91 Å². The van der Waals surface area contributed by atoms with Crippen LogP contribution in [0, 0.1) is 6.92 Å². The van der Waals surface area contributed by atoms with Gasteiger partial charge in [-0.25, -0.2) is 0 Å². The minimum atomic E-state index is -0.567. The maximum Gasteiger partial charge on any atom is 0.296 e. The van der Waals surface area contributed by atoms with E-state index in [2.05, 4.69) is 5.32 Å². The van der Waals surface area contributed by atoms with Crippen molar-refractivity contribution in [3.8, 4) is 0 Å². The summed E-state index contributed by atoms with van der Waals surface area (Å²) in [4.78, 5) is 38.1. The third-order valence-corrected chi connectivity index (χ3v) is 4.49. The highest BCUT2D eigenvalue weighted by atomic mass is 16.3. The molecule has 2 amide bonds. The Kier molecular flexibility index (Phi) is 4.48. The molecule has 0 aromatic carbocycles. The SMILES string of the molecule is CC(=O)N[C@@H]1CN(C(=O)C(=O)c2cccn2C)C[C@H]1c1ccc(C)o1. The summed E-state index contributed by atoms with van der Waals surface area (Å²) in [5, 5.41) is 2.86. The fraction of sp³-hybridized carbons (Fsp3) is 0.389. The average molecular weight is 343 g/mol. The molecular formula is C18H21N3O4. The smallest absolute Gasteiger partial charge is 0.296 e. The zero-order valence-electron chi connectivity index (χ0n) is 14.5. The van der Waals surface area contributed by atoms with Crippen LogP contribution in [0.2, 0.25) is 0 Å². The number of aryl methyl sites for hydroxylation is 2. The summed E-state index contributed by atoms with van der Waals surface area (Å²) in [7, 11) is 1.72. The van der Waals surface area contributed by atoms with Crippen molar-refractivity contribution in [3.63, 3.8) is 0 Å². The van der Waals surface area contributed by atoms with E-state index in [0.29, 0.717) is 18.0 Å². The molecule has 132 valence electrons. The van der Waals surface area contributed by atoms with E-state index in [9.17, 15) is 14.4 Å². The topological polar surface area (TPSA) is 84.5 Å². The number of ketones is 1. The molecule has 2 aromatic heterocycles. The number of nitrogens with zero attached hydrogens (tertiary/aromatic N) is 2. The summed E-state index contributed by atoms with van der Waals surface area (Å²) < 4.78 is 7.30. The monoisotopic (exact) mass is 343 g/mol. The molecule has 1 N–H and O–H groups in total. The van der Waals surface area contributed by atoms with Crippen LogP contribution in [-0.4, -0.2) is 46.2 Å². The number of likely N-dealkylation sites (tertiary alicyclic amines) is 1. The minimum Gasteiger partial charge on any atom is -0.466 e. The number of furan rings is 1. The number of nitrogens with one attached hydrogen (secondary N) is 1. The molecule has 0 bridgehead atoms. The summed E-state index contributed by atoms with van der Waals surface area (Å²) in [6.07, 6.45) is 1.72. The molecular weight excluding hydrogens is 322 g/mol. The lowest BCUT2D eigenvalue weighted by Gasteiger charge is -2.16. The standard InChI is InChI=1S/C18H21N3O4/c1-11-6-7-16(25-11)13-9-21(10-14(13)19-12(2)22)18(24)17(23)15-5-4-8-20(15)3/h4-8,13-14H,9-10H2,1-3H3,(H,19,22)/t13-,14-/m1/s1. The zero-order valence-corrected chi connectivity index (χ0v) is 14.5. The number of aromatic nitrogens is 1. The van der Waals surface area contributed by atoms with Gasteiger partial charge in [-0.1, -0.05) is 0 Å². The molecule has 3 rings (SSSR count). The molecule has 7 heteroatoms. The predicted octanol–water partition coefficient (Wildman–Crippen LogP) is 1.24. The first-order valence-corrected chi connectivity index (χ1v) is 8.15. The van der Waals surface area contributed by atoms with E-state index in [1.54, 1.807) is 29.9 Å². The van der Waals surface area contributed by atoms with Crippen molar-refractivity contribution in [2.75, 3.05) is 13.1 Å². The fourth-order valence-corrected chi connectivity index (χ4v) is 3.27. The van der Waals surface area contributed by atoms with E-state index < -0.39 is 11.7 Å². The van der Waals surface area contributed by atoms with Crippen LogP contribution in [0.25, 0.3) is 0 Å². The van der Waals surface area contributed by atoms with Gasteiger partial charge in [-0.05, 0) is 31.2 Å². The normalized spacial score (nSPS) is 19.9. The quantitative estimate of drug-likeness (QED) is 0.669. The van der Waals surface area contributed by atoms with Crippen molar-refractivity contribution in [2.45, 2.75) is 25.8 Å². The minimum absolute atomic E-state index is 0.178. The van der Waals surface area contributed by atoms with Crippen molar-refractivity contribution in [1.82, 2.24) is 14.8 Å². The first-order chi connectivity index (χ1) is 11.9. The van der Waals surface area contributed by atoms with Crippen molar-refractivity contribution in [2.24, 2.45) is 7.05 Å². The molecule has 1 saturated heterocycles. The molecule has 1 fully saturated rings. The van der Waals surface area contributed by atoms with E-state index in [0.717, 1.165) is 5.76 Å². The third kappa shape index (κ3) is 3.35.